The maximum Gasteiger partial charge on any atom is 0.200 e. The number of guanidine groups is 1. The molecule has 0 amide bonds. The zero-order valence-electron chi connectivity index (χ0n) is 13.5. The van der Waals surface area contributed by atoms with E-state index in [-0.39, 0.29) is 6.67 Å². The first-order valence-corrected chi connectivity index (χ1v) is 9.84. The Morgan fingerprint density at radius 3 is 2.75 bits per heavy atom. The van der Waals surface area contributed by atoms with Crippen molar-refractivity contribution >= 4 is 52.5 Å². The Kier molecular flexibility index (Phi) is 7.27. The maximum absolute atomic E-state index is 12.3. The van der Waals surface area contributed by atoms with Crippen molar-refractivity contribution in [2.24, 2.45) is 10.7 Å². The number of aliphatic imine (C=N–C) groups is 1. The molecule has 2 N–H and O–H groups in total. The van der Waals surface area contributed by atoms with Gasteiger partial charge in [0.2, 0.25) is 5.96 Å². The Morgan fingerprint density at radius 2 is 2.04 bits per heavy atom. The van der Waals surface area contributed by atoms with Gasteiger partial charge in [0.1, 0.15) is 0 Å². The highest BCUT2D eigenvalue weighted by Crippen LogP contribution is 2.30. The van der Waals surface area contributed by atoms with E-state index in [1.807, 2.05) is 55.8 Å². The summed E-state index contributed by atoms with van der Waals surface area (Å²) in [6.45, 7) is -0.349. The van der Waals surface area contributed by atoms with Crippen LogP contribution < -0.4 is 10.6 Å². The van der Waals surface area contributed by atoms with Crippen LogP contribution >= 0.6 is 35.1 Å². The molecule has 0 aromatic heterocycles. The van der Waals surface area contributed by atoms with Gasteiger partial charge in [-0.2, -0.15) is 0 Å². The van der Waals surface area contributed by atoms with Crippen molar-refractivity contribution in [1.29, 1.82) is 0 Å². The first kappa shape index (κ1) is 19.0. The predicted octanol–water partition coefficient (Wildman–Crippen LogP) is 5.21. The van der Waals surface area contributed by atoms with E-state index in [0.29, 0.717) is 22.4 Å². The molecule has 7 heteroatoms. The van der Waals surface area contributed by atoms with E-state index in [1.54, 1.807) is 16.7 Å². The van der Waals surface area contributed by atoms with Crippen LogP contribution in [0, 0.1) is 0 Å². The summed E-state index contributed by atoms with van der Waals surface area (Å²) >= 11 is 9.29. The van der Waals surface area contributed by atoms with E-state index in [4.69, 9.17) is 17.3 Å². The van der Waals surface area contributed by atoms with Crippen molar-refractivity contribution in [2.75, 3.05) is 30.6 Å². The van der Waals surface area contributed by atoms with Crippen molar-refractivity contribution in [3.63, 3.8) is 0 Å². The summed E-state index contributed by atoms with van der Waals surface area (Å²) < 4.78 is 12.3. The number of thioether (sulfide) groups is 2. The highest BCUT2D eigenvalue weighted by atomic mass is 35.5. The molecule has 0 atom stereocenters. The van der Waals surface area contributed by atoms with Crippen LogP contribution in [0.1, 0.15) is 0 Å². The minimum absolute atomic E-state index is 0.336. The molecule has 0 fully saturated rings. The minimum Gasteiger partial charge on any atom is -0.369 e. The lowest BCUT2D eigenvalue weighted by Crippen LogP contribution is -2.33. The van der Waals surface area contributed by atoms with Crippen LogP contribution in [-0.4, -0.2) is 31.7 Å². The van der Waals surface area contributed by atoms with Gasteiger partial charge in [-0.3, -0.25) is 4.39 Å². The maximum atomic E-state index is 12.3. The van der Waals surface area contributed by atoms with Crippen LogP contribution in [0.25, 0.3) is 0 Å². The fraction of sp³-hybridized carbons (Fsp3) is 0.235. The first-order chi connectivity index (χ1) is 11.5. The molecular weight excluding hydrogens is 364 g/mol. The third-order valence-corrected chi connectivity index (χ3v) is 5.27. The standard InChI is InChI=1S/C17H19ClFN3S2/c1-22(12-4-3-5-14(10-12)24-9-8-19)17(20)21-16-11-13(23-2)6-7-15(16)18/h3-7,10-11H,8-9H2,1-2H3,(H2,20,21)/i19-1. The average Bonchev–Trinajstić information content (AvgIpc) is 2.61. The Bertz CT molecular complexity index is 725. The van der Waals surface area contributed by atoms with Crippen molar-refractivity contribution in [3.8, 4) is 0 Å². The summed E-state index contributed by atoms with van der Waals surface area (Å²) in [6, 6.07) is 13.4. The SMILES string of the molecule is CSc1ccc(Cl)c(N=C(N)N(C)c2cccc(SCC[18F])c2)c1. The van der Waals surface area contributed by atoms with Crippen LogP contribution in [0.3, 0.4) is 0 Å². The number of halogens is 2. The highest BCUT2D eigenvalue weighted by Gasteiger charge is 2.08. The Labute approximate surface area is 155 Å². The van der Waals surface area contributed by atoms with Crippen molar-refractivity contribution in [1.82, 2.24) is 0 Å². The number of anilines is 1. The molecular formula is C17H19ClFN3S2. The summed E-state index contributed by atoms with van der Waals surface area (Å²) in [5.41, 5.74) is 7.66. The van der Waals surface area contributed by atoms with Gasteiger partial charge in [-0.15, -0.1) is 23.5 Å². The normalized spacial score (nSPS) is 11.6. The minimum atomic E-state index is -0.349. The monoisotopic (exact) mass is 382 g/mol. The second-order valence-electron chi connectivity index (χ2n) is 4.88. The molecule has 3 nitrogen and oxygen atoms in total. The van der Waals surface area contributed by atoms with Gasteiger partial charge in [0.15, 0.2) is 0 Å². The lowest BCUT2D eigenvalue weighted by Gasteiger charge is -2.19. The average molecular weight is 383 g/mol. The van der Waals surface area contributed by atoms with E-state index in [9.17, 15) is 4.39 Å². The summed E-state index contributed by atoms with van der Waals surface area (Å²) in [7, 11) is 1.84. The topological polar surface area (TPSA) is 41.6 Å². The molecule has 0 unspecified atom stereocenters. The van der Waals surface area contributed by atoms with E-state index in [2.05, 4.69) is 4.99 Å². The molecule has 128 valence electrons. The van der Waals surface area contributed by atoms with Gasteiger partial charge < -0.3 is 10.6 Å². The van der Waals surface area contributed by atoms with Crippen molar-refractivity contribution in [3.05, 3.63) is 47.5 Å². The second-order valence-corrected chi connectivity index (χ2v) is 7.34. The number of alkyl halides is 1. The summed E-state index contributed by atoms with van der Waals surface area (Å²) in [6.07, 6.45) is 1.99. The number of nitrogens with zero attached hydrogens (tertiary/aromatic N) is 2. The molecule has 0 aliphatic rings. The van der Waals surface area contributed by atoms with Crippen LogP contribution in [-0.2, 0) is 0 Å². The number of benzene rings is 2. The molecule has 0 heterocycles. The molecule has 0 saturated carbocycles. The largest absolute Gasteiger partial charge is 0.369 e. The molecule has 0 aliphatic carbocycles. The van der Waals surface area contributed by atoms with E-state index < -0.39 is 0 Å². The highest BCUT2D eigenvalue weighted by molar-refractivity contribution is 7.99. The first-order valence-electron chi connectivity index (χ1n) is 7.25. The number of hydrogen-bond acceptors (Lipinski definition) is 3. The fourth-order valence-electron chi connectivity index (χ4n) is 1.97. The Hall–Kier alpha value is -1.37. The molecule has 0 bridgehead atoms. The van der Waals surface area contributed by atoms with Gasteiger partial charge in [0, 0.05) is 28.3 Å². The van der Waals surface area contributed by atoms with Crippen LogP contribution in [0.5, 0.6) is 0 Å². The van der Waals surface area contributed by atoms with Crippen molar-refractivity contribution in [2.45, 2.75) is 9.79 Å². The second kappa shape index (κ2) is 9.20. The molecule has 2 rings (SSSR count). The molecule has 0 spiro atoms. The van der Waals surface area contributed by atoms with Gasteiger partial charge >= 0.3 is 0 Å². The molecule has 24 heavy (non-hydrogen) atoms. The number of hydrogen-bond donors (Lipinski definition) is 1. The zero-order chi connectivity index (χ0) is 17.5. The predicted molar refractivity (Wildman–Crippen MR) is 106 cm³/mol. The zero-order valence-corrected chi connectivity index (χ0v) is 15.9. The quantitative estimate of drug-likeness (QED) is 0.423. The van der Waals surface area contributed by atoms with Gasteiger partial charge in [-0.25, -0.2) is 4.99 Å². The summed E-state index contributed by atoms with van der Waals surface area (Å²) in [5, 5.41) is 0.552. The fourth-order valence-corrected chi connectivity index (χ4v) is 3.26. The molecule has 0 aliphatic heterocycles. The lowest BCUT2D eigenvalue weighted by atomic mass is 10.3. The third kappa shape index (κ3) is 5.06. The third-order valence-electron chi connectivity index (χ3n) is 3.28. The van der Waals surface area contributed by atoms with E-state index >= 15 is 0 Å². The summed E-state index contributed by atoms with van der Waals surface area (Å²) in [4.78, 5) is 8.28. The van der Waals surface area contributed by atoms with Gasteiger partial charge in [-0.1, -0.05) is 17.7 Å². The Morgan fingerprint density at radius 1 is 1.25 bits per heavy atom. The Balaban J connectivity index is 2.24. The van der Waals surface area contributed by atoms with Crippen LogP contribution in [0.2, 0.25) is 5.02 Å². The van der Waals surface area contributed by atoms with Gasteiger partial charge in [0.05, 0.1) is 17.4 Å². The van der Waals surface area contributed by atoms with E-state index in [0.717, 1.165) is 15.5 Å². The van der Waals surface area contributed by atoms with Crippen LogP contribution in [0.4, 0.5) is 15.8 Å². The lowest BCUT2D eigenvalue weighted by molar-refractivity contribution is 0.533. The summed E-state index contributed by atoms with van der Waals surface area (Å²) in [5.74, 6) is 0.774. The van der Waals surface area contributed by atoms with E-state index in [1.165, 1.54) is 11.8 Å². The smallest absolute Gasteiger partial charge is 0.200 e. The van der Waals surface area contributed by atoms with Gasteiger partial charge in [0.25, 0.3) is 0 Å². The van der Waals surface area contributed by atoms with Crippen molar-refractivity contribution < 1.29 is 4.39 Å². The number of nitrogens with two attached hydrogens (primary N) is 1. The molecule has 0 saturated heterocycles. The molecule has 2 aromatic rings. The number of rotatable bonds is 6. The van der Waals surface area contributed by atoms with Crippen LogP contribution in [0.15, 0.2) is 57.2 Å². The van der Waals surface area contributed by atoms with Gasteiger partial charge in [-0.05, 0) is 42.7 Å². The molecule has 0 radical (unpaired) electrons. The molecule has 2 aromatic carbocycles.